The molecular formula is C16H24FN3O. The van der Waals surface area contributed by atoms with E-state index in [4.69, 9.17) is 5.73 Å². The van der Waals surface area contributed by atoms with Crippen molar-refractivity contribution in [2.75, 3.05) is 19.6 Å². The van der Waals surface area contributed by atoms with Gasteiger partial charge in [-0.05, 0) is 43.5 Å². The van der Waals surface area contributed by atoms with Gasteiger partial charge in [-0.3, -0.25) is 9.69 Å². The Morgan fingerprint density at radius 3 is 2.57 bits per heavy atom. The third-order valence-corrected chi connectivity index (χ3v) is 3.88. The number of benzene rings is 1. The molecule has 3 N–H and O–H groups in total. The number of amides is 1. The number of piperidine rings is 1. The lowest BCUT2D eigenvalue weighted by atomic mass is 10.0. The molecule has 21 heavy (non-hydrogen) atoms. The zero-order chi connectivity index (χ0) is 15.1. The van der Waals surface area contributed by atoms with Crippen LogP contribution in [0.5, 0.6) is 0 Å². The van der Waals surface area contributed by atoms with Gasteiger partial charge in [0.15, 0.2) is 0 Å². The van der Waals surface area contributed by atoms with E-state index in [2.05, 4.69) is 10.2 Å². The van der Waals surface area contributed by atoms with Gasteiger partial charge in [-0.15, -0.1) is 0 Å². The summed E-state index contributed by atoms with van der Waals surface area (Å²) in [6.07, 6.45) is 3.20. The third-order valence-electron chi connectivity index (χ3n) is 3.88. The summed E-state index contributed by atoms with van der Waals surface area (Å²) in [5.74, 6) is -0.0879. The maximum absolute atomic E-state index is 12.9. The molecule has 2 rings (SSSR count). The molecule has 0 aromatic heterocycles. The van der Waals surface area contributed by atoms with Crippen LogP contribution in [0.4, 0.5) is 4.39 Å². The molecule has 1 aromatic carbocycles. The van der Waals surface area contributed by atoms with E-state index in [0.717, 1.165) is 44.5 Å². The van der Waals surface area contributed by atoms with Gasteiger partial charge in [-0.1, -0.05) is 12.1 Å². The van der Waals surface area contributed by atoms with Crippen LogP contribution in [-0.2, 0) is 11.3 Å². The number of nitrogens with zero attached hydrogens (tertiary/aromatic N) is 1. The smallest absolute Gasteiger partial charge is 0.220 e. The molecule has 0 unspecified atom stereocenters. The highest BCUT2D eigenvalue weighted by Gasteiger charge is 2.20. The van der Waals surface area contributed by atoms with E-state index < -0.39 is 0 Å². The van der Waals surface area contributed by atoms with Crippen molar-refractivity contribution in [1.82, 2.24) is 10.2 Å². The lowest BCUT2D eigenvalue weighted by Crippen LogP contribution is -2.44. The number of nitrogens with one attached hydrogen (secondary N) is 1. The van der Waals surface area contributed by atoms with Crippen LogP contribution in [0, 0.1) is 5.82 Å². The monoisotopic (exact) mass is 293 g/mol. The summed E-state index contributed by atoms with van der Waals surface area (Å²) in [5.41, 5.74) is 6.53. The number of carbonyl (C=O) groups is 1. The van der Waals surface area contributed by atoms with Crippen LogP contribution in [0.15, 0.2) is 24.3 Å². The highest BCUT2D eigenvalue weighted by molar-refractivity contribution is 5.76. The quantitative estimate of drug-likeness (QED) is 0.838. The normalized spacial score (nSPS) is 16.9. The number of likely N-dealkylation sites (tertiary alicyclic amines) is 1. The molecule has 4 nitrogen and oxygen atoms in total. The van der Waals surface area contributed by atoms with E-state index in [-0.39, 0.29) is 17.8 Å². The number of hydrogen-bond donors (Lipinski definition) is 2. The van der Waals surface area contributed by atoms with Crippen molar-refractivity contribution >= 4 is 5.91 Å². The highest BCUT2D eigenvalue weighted by Crippen LogP contribution is 2.14. The molecule has 1 aliphatic heterocycles. The fourth-order valence-electron chi connectivity index (χ4n) is 2.65. The summed E-state index contributed by atoms with van der Waals surface area (Å²) >= 11 is 0. The van der Waals surface area contributed by atoms with Crippen molar-refractivity contribution in [2.45, 2.75) is 38.3 Å². The molecule has 1 aromatic rings. The minimum absolute atomic E-state index is 0.109. The van der Waals surface area contributed by atoms with Crippen molar-refractivity contribution < 1.29 is 9.18 Å². The third kappa shape index (κ3) is 5.44. The van der Waals surface area contributed by atoms with Crippen molar-refractivity contribution in [3.8, 4) is 0 Å². The van der Waals surface area contributed by atoms with E-state index in [1.165, 1.54) is 12.1 Å². The second-order valence-corrected chi connectivity index (χ2v) is 5.64. The molecule has 1 amide bonds. The Labute approximate surface area is 125 Å². The minimum atomic E-state index is -0.197. The van der Waals surface area contributed by atoms with Crippen molar-refractivity contribution in [3.63, 3.8) is 0 Å². The summed E-state index contributed by atoms with van der Waals surface area (Å²) in [4.78, 5) is 14.0. The van der Waals surface area contributed by atoms with Gasteiger partial charge in [-0.2, -0.15) is 0 Å². The van der Waals surface area contributed by atoms with Gasteiger partial charge in [0.05, 0.1) is 0 Å². The second-order valence-electron chi connectivity index (χ2n) is 5.64. The second kappa shape index (κ2) is 8.10. The first-order chi connectivity index (χ1) is 10.2. The Morgan fingerprint density at radius 2 is 1.95 bits per heavy atom. The van der Waals surface area contributed by atoms with Gasteiger partial charge in [0.1, 0.15) is 5.82 Å². The average molecular weight is 293 g/mol. The molecule has 1 fully saturated rings. The molecular weight excluding hydrogens is 269 g/mol. The van der Waals surface area contributed by atoms with Crippen LogP contribution in [0.25, 0.3) is 0 Å². The fourth-order valence-corrected chi connectivity index (χ4v) is 2.65. The van der Waals surface area contributed by atoms with E-state index in [1.54, 1.807) is 0 Å². The standard InChI is InChI=1S/C16H24FN3O/c17-14-5-3-13(4-6-14)12-20-10-7-15(8-11-20)19-16(21)2-1-9-18/h3-6,15H,1-2,7-12,18H2,(H,19,21). The summed E-state index contributed by atoms with van der Waals surface area (Å²) in [6, 6.07) is 6.94. The first-order valence-electron chi connectivity index (χ1n) is 7.63. The Bertz CT molecular complexity index is 441. The number of carbonyl (C=O) groups excluding carboxylic acids is 1. The van der Waals surface area contributed by atoms with Crippen molar-refractivity contribution in [2.24, 2.45) is 5.73 Å². The maximum Gasteiger partial charge on any atom is 0.220 e. The lowest BCUT2D eigenvalue weighted by Gasteiger charge is -2.32. The summed E-state index contributed by atoms with van der Waals surface area (Å²) < 4.78 is 12.9. The van der Waals surface area contributed by atoms with Crippen LogP contribution >= 0.6 is 0 Å². The molecule has 0 spiro atoms. The van der Waals surface area contributed by atoms with Crippen LogP contribution in [0.2, 0.25) is 0 Å². The largest absolute Gasteiger partial charge is 0.353 e. The highest BCUT2D eigenvalue weighted by atomic mass is 19.1. The van der Waals surface area contributed by atoms with Crippen LogP contribution in [0.3, 0.4) is 0 Å². The lowest BCUT2D eigenvalue weighted by molar-refractivity contribution is -0.122. The number of nitrogens with two attached hydrogens (primary N) is 1. The topological polar surface area (TPSA) is 58.4 Å². The van der Waals surface area contributed by atoms with Gasteiger partial charge in [-0.25, -0.2) is 4.39 Å². The predicted octanol–water partition coefficient (Wildman–Crippen LogP) is 1.65. The Hall–Kier alpha value is -1.46. The van der Waals surface area contributed by atoms with E-state index in [1.807, 2.05) is 12.1 Å². The van der Waals surface area contributed by atoms with Gasteiger partial charge >= 0.3 is 0 Å². The van der Waals surface area contributed by atoms with Gasteiger partial charge < -0.3 is 11.1 Å². The van der Waals surface area contributed by atoms with Gasteiger partial charge in [0.25, 0.3) is 0 Å². The Morgan fingerprint density at radius 1 is 1.29 bits per heavy atom. The molecule has 116 valence electrons. The molecule has 5 heteroatoms. The SMILES string of the molecule is NCCCC(=O)NC1CCN(Cc2ccc(F)cc2)CC1. The van der Waals surface area contributed by atoms with E-state index in [0.29, 0.717) is 13.0 Å². The first-order valence-corrected chi connectivity index (χ1v) is 7.63. The molecule has 1 aliphatic rings. The van der Waals surface area contributed by atoms with Crippen molar-refractivity contribution in [3.05, 3.63) is 35.6 Å². The fraction of sp³-hybridized carbons (Fsp3) is 0.562. The number of hydrogen-bond acceptors (Lipinski definition) is 3. The minimum Gasteiger partial charge on any atom is -0.353 e. The Balaban J connectivity index is 1.70. The first kappa shape index (κ1) is 15.9. The number of rotatable bonds is 6. The molecule has 0 bridgehead atoms. The van der Waals surface area contributed by atoms with Crippen LogP contribution < -0.4 is 11.1 Å². The average Bonchev–Trinajstić information content (AvgIpc) is 2.49. The zero-order valence-electron chi connectivity index (χ0n) is 12.4. The van der Waals surface area contributed by atoms with E-state index >= 15 is 0 Å². The summed E-state index contributed by atoms with van der Waals surface area (Å²) in [6.45, 7) is 3.32. The maximum atomic E-state index is 12.9. The molecule has 1 heterocycles. The summed E-state index contributed by atoms with van der Waals surface area (Å²) in [7, 11) is 0. The van der Waals surface area contributed by atoms with Crippen LogP contribution in [0.1, 0.15) is 31.2 Å². The number of halogens is 1. The molecule has 0 radical (unpaired) electrons. The predicted molar refractivity (Wildman–Crippen MR) is 81.1 cm³/mol. The molecule has 0 aliphatic carbocycles. The van der Waals surface area contributed by atoms with Gasteiger partial charge in [0.2, 0.25) is 5.91 Å². The molecule has 0 saturated carbocycles. The van der Waals surface area contributed by atoms with Crippen molar-refractivity contribution in [1.29, 1.82) is 0 Å². The molecule has 0 atom stereocenters. The Kier molecular flexibility index (Phi) is 6.14. The summed E-state index contributed by atoms with van der Waals surface area (Å²) in [5, 5.41) is 3.07. The van der Waals surface area contributed by atoms with Gasteiger partial charge in [0, 0.05) is 32.1 Å². The van der Waals surface area contributed by atoms with E-state index in [9.17, 15) is 9.18 Å². The zero-order valence-corrected chi connectivity index (χ0v) is 12.4. The van der Waals surface area contributed by atoms with Crippen LogP contribution in [-0.4, -0.2) is 36.5 Å². The molecule has 1 saturated heterocycles.